The Bertz CT molecular complexity index is 1290. The van der Waals surface area contributed by atoms with Gasteiger partial charge in [-0.25, -0.2) is 0 Å². The largest absolute Gasteiger partial charge is 0.389 e. The van der Waals surface area contributed by atoms with E-state index >= 15 is 0 Å². The van der Waals surface area contributed by atoms with Gasteiger partial charge in [0.15, 0.2) is 0 Å². The van der Waals surface area contributed by atoms with E-state index in [0.29, 0.717) is 12.3 Å². The van der Waals surface area contributed by atoms with Crippen LogP contribution in [0.1, 0.15) is 51.0 Å². The molecule has 1 saturated heterocycles. The van der Waals surface area contributed by atoms with Gasteiger partial charge >= 0.3 is 0 Å². The highest BCUT2D eigenvalue weighted by Crippen LogP contribution is 2.80. The van der Waals surface area contributed by atoms with Gasteiger partial charge in [-0.15, -0.1) is 0 Å². The van der Waals surface area contributed by atoms with Crippen molar-refractivity contribution in [1.29, 1.82) is 0 Å². The number of pyridine rings is 1. The second-order valence-corrected chi connectivity index (χ2v) is 11.6. The van der Waals surface area contributed by atoms with Gasteiger partial charge in [0, 0.05) is 29.6 Å². The van der Waals surface area contributed by atoms with Gasteiger partial charge in [0.25, 0.3) is 0 Å². The topological polar surface area (TPSA) is 42.4 Å². The number of fused-ring (bicyclic) bond motifs is 4. The van der Waals surface area contributed by atoms with E-state index in [1.807, 2.05) is 18.5 Å². The molecule has 6 aliphatic rings. The predicted molar refractivity (Wildman–Crippen MR) is 124 cm³/mol. The van der Waals surface area contributed by atoms with Crippen LogP contribution in [0.15, 0.2) is 72.1 Å². The SMILES string of the molecule is C[C@]12CC=C3C=C4C=C[C@@H](O)C[C@]45CCC3(O5)[C@@H]1C[C@H]1C[C@]12c1ccc2ccncc2c1. The molecule has 2 bridgehead atoms. The molecule has 8 rings (SSSR count). The van der Waals surface area contributed by atoms with E-state index in [2.05, 4.69) is 54.4 Å². The summed E-state index contributed by atoms with van der Waals surface area (Å²) in [6.45, 7) is 2.56. The third kappa shape index (κ3) is 1.88. The number of allylic oxidation sites excluding steroid dienone is 1. The van der Waals surface area contributed by atoms with Crippen molar-refractivity contribution in [3.05, 3.63) is 77.7 Å². The van der Waals surface area contributed by atoms with E-state index in [1.165, 1.54) is 40.3 Å². The van der Waals surface area contributed by atoms with Crippen LogP contribution in [0.5, 0.6) is 0 Å². The van der Waals surface area contributed by atoms with Crippen LogP contribution in [0.4, 0.5) is 0 Å². The Morgan fingerprint density at radius 2 is 2.03 bits per heavy atom. The van der Waals surface area contributed by atoms with Crippen LogP contribution in [-0.2, 0) is 10.2 Å². The minimum atomic E-state index is -0.391. The lowest BCUT2D eigenvalue weighted by molar-refractivity contribution is -0.140. The summed E-state index contributed by atoms with van der Waals surface area (Å²) in [7, 11) is 0. The van der Waals surface area contributed by atoms with Gasteiger partial charge in [-0.2, -0.15) is 0 Å². The number of aromatic nitrogens is 1. The molecular weight excluding hydrogens is 394 g/mol. The Kier molecular flexibility index (Phi) is 3.11. The first-order valence-corrected chi connectivity index (χ1v) is 12.3. The molecule has 4 aliphatic carbocycles. The molecular formula is C29H29NO2. The molecule has 1 N–H and O–H groups in total. The lowest BCUT2D eigenvalue weighted by Gasteiger charge is -2.55. The van der Waals surface area contributed by atoms with E-state index in [9.17, 15) is 5.11 Å². The number of hydrogen-bond acceptors (Lipinski definition) is 3. The molecule has 162 valence electrons. The molecule has 0 radical (unpaired) electrons. The van der Waals surface area contributed by atoms with Crippen molar-refractivity contribution >= 4 is 10.8 Å². The minimum absolute atomic E-state index is 0.166. The minimum Gasteiger partial charge on any atom is -0.389 e. The van der Waals surface area contributed by atoms with Gasteiger partial charge in [0.2, 0.25) is 0 Å². The summed E-state index contributed by atoms with van der Waals surface area (Å²) in [5.41, 5.74) is 4.23. The summed E-state index contributed by atoms with van der Waals surface area (Å²) in [6, 6.07) is 9.22. The van der Waals surface area contributed by atoms with E-state index in [-0.39, 0.29) is 22.0 Å². The lowest BCUT2D eigenvalue weighted by atomic mass is 9.55. The molecule has 7 atom stereocenters. The van der Waals surface area contributed by atoms with Crippen molar-refractivity contribution in [2.45, 2.75) is 68.2 Å². The Hall–Kier alpha value is -2.23. The number of ether oxygens (including phenoxy) is 1. The van der Waals surface area contributed by atoms with Crippen LogP contribution in [-0.4, -0.2) is 27.4 Å². The first-order chi connectivity index (χ1) is 15.5. The fourth-order valence-electron chi connectivity index (χ4n) is 8.99. The van der Waals surface area contributed by atoms with Crippen molar-refractivity contribution in [2.24, 2.45) is 17.3 Å². The van der Waals surface area contributed by atoms with E-state index < -0.39 is 6.10 Å². The standard InChI is InChI=1S/C29H29NO2/c1-26-8-6-22-13-20-4-5-24(31)16-27(20)9-10-29(22,32-27)25(26)14-23-15-28(23,26)21-3-2-18-7-11-30-17-19(18)12-21/h2-7,11-13,17,23-25,31H,8-10,14-16H2,1H3/t23-,24+,25+,26-,27+,28-,29?/m0/s1. The Balaban J connectivity index is 1.27. The van der Waals surface area contributed by atoms with Crippen LogP contribution in [0.25, 0.3) is 10.8 Å². The number of hydrogen-bond donors (Lipinski definition) is 1. The van der Waals surface area contributed by atoms with Crippen molar-refractivity contribution in [2.75, 3.05) is 0 Å². The fraction of sp³-hybridized carbons (Fsp3) is 0.483. The van der Waals surface area contributed by atoms with Gasteiger partial charge < -0.3 is 9.84 Å². The van der Waals surface area contributed by atoms with Crippen LogP contribution in [0, 0.1) is 17.3 Å². The van der Waals surface area contributed by atoms with Crippen LogP contribution >= 0.6 is 0 Å². The molecule has 32 heavy (non-hydrogen) atoms. The average Bonchev–Trinajstić information content (AvgIpc) is 3.38. The Labute approximate surface area is 188 Å². The molecule has 2 aromatic rings. The number of aliphatic hydroxyl groups excluding tert-OH is 1. The van der Waals surface area contributed by atoms with Gasteiger partial charge in [-0.1, -0.05) is 43.4 Å². The van der Waals surface area contributed by atoms with Crippen LogP contribution in [0.3, 0.4) is 0 Å². The predicted octanol–water partition coefficient (Wildman–Crippen LogP) is 5.40. The maximum Gasteiger partial charge on any atom is 0.0975 e. The second kappa shape index (κ2) is 5.46. The molecule has 1 unspecified atom stereocenters. The highest BCUT2D eigenvalue weighted by atomic mass is 16.5. The highest BCUT2D eigenvalue weighted by molar-refractivity contribution is 5.82. The van der Waals surface area contributed by atoms with Crippen molar-refractivity contribution in [1.82, 2.24) is 4.98 Å². The third-order valence-electron chi connectivity index (χ3n) is 10.5. The number of nitrogens with zero attached hydrogens (tertiary/aromatic N) is 1. The first kappa shape index (κ1) is 18.2. The molecule has 0 amide bonds. The van der Waals surface area contributed by atoms with Gasteiger partial charge in [-0.05, 0) is 83.6 Å². The van der Waals surface area contributed by atoms with Gasteiger partial charge in [-0.3, -0.25) is 4.98 Å². The fourth-order valence-corrected chi connectivity index (χ4v) is 8.99. The number of benzene rings is 1. The monoisotopic (exact) mass is 423 g/mol. The van der Waals surface area contributed by atoms with Crippen molar-refractivity contribution in [3.8, 4) is 0 Å². The average molecular weight is 424 g/mol. The molecule has 2 aliphatic heterocycles. The third-order valence-corrected chi connectivity index (χ3v) is 10.5. The Morgan fingerprint density at radius 1 is 1.09 bits per heavy atom. The maximum atomic E-state index is 10.4. The zero-order valence-electron chi connectivity index (χ0n) is 18.6. The molecule has 3 fully saturated rings. The summed E-state index contributed by atoms with van der Waals surface area (Å²) < 4.78 is 7.19. The molecule has 1 aromatic carbocycles. The summed E-state index contributed by atoms with van der Waals surface area (Å²) in [6.07, 6.45) is 19.0. The molecule has 2 spiro atoms. The first-order valence-electron chi connectivity index (χ1n) is 12.3. The Morgan fingerprint density at radius 3 is 2.97 bits per heavy atom. The molecule has 3 heteroatoms. The zero-order chi connectivity index (χ0) is 21.3. The van der Waals surface area contributed by atoms with E-state index in [4.69, 9.17) is 4.74 Å². The lowest BCUT2D eigenvalue weighted by Crippen LogP contribution is -2.55. The van der Waals surface area contributed by atoms with Gasteiger partial charge in [0.1, 0.15) is 0 Å². The summed E-state index contributed by atoms with van der Waals surface area (Å²) >= 11 is 0. The molecule has 3 nitrogen and oxygen atoms in total. The zero-order valence-corrected chi connectivity index (χ0v) is 18.6. The van der Waals surface area contributed by atoms with E-state index in [1.54, 1.807) is 0 Å². The number of rotatable bonds is 1. The molecule has 1 aromatic heterocycles. The summed E-state index contributed by atoms with van der Waals surface area (Å²) in [5.74, 6) is 1.29. The molecule has 3 heterocycles. The normalized spacial score (nSPS) is 47.2. The second-order valence-electron chi connectivity index (χ2n) is 11.6. The van der Waals surface area contributed by atoms with Crippen LogP contribution < -0.4 is 0 Å². The number of aliphatic hydroxyl groups is 1. The maximum absolute atomic E-state index is 10.4. The van der Waals surface area contributed by atoms with E-state index in [0.717, 1.165) is 25.2 Å². The summed E-state index contributed by atoms with van der Waals surface area (Å²) in [5, 5.41) is 12.9. The van der Waals surface area contributed by atoms with Crippen LogP contribution in [0.2, 0.25) is 0 Å². The van der Waals surface area contributed by atoms with Gasteiger partial charge in [0.05, 0.1) is 17.3 Å². The van der Waals surface area contributed by atoms with Crippen molar-refractivity contribution in [3.63, 3.8) is 0 Å². The van der Waals surface area contributed by atoms with Crippen molar-refractivity contribution < 1.29 is 9.84 Å². The smallest absolute Gasteiger partial charge is 0.0975 e. The summed E-state index contributed by atoms with van der Waals surface area (Å²) in [4.78, 5) is 4.38. The quantitative estimate of drug-likeness (QED) is 0.668. The highest BCUT2D eigenvalue weighted by Gasteiger charge is 2.78. The molecule has 2 saturated carbocycles.